The first-order valence-electron chi connectivity index (χ1n) is 6.83. The number of nitrogens with two attached hydrogens (primary N) is 1. The maximum atomic E-state index is 12.5. The second-order valence-electron chi connectivity index (χ2n) is 5.63. The summed E-state index contributed by atoms with van der Waals surface area (Å²) in [6.07, 6.45) is 3.96. The van der Waals surface area contributed by atoms with Crippen LogP contribution in [0.3, 0.4) is 0 Å². The number of nitrogens with one attached hydrogen (secondary N) is 1. The van der Waals surface area contributed by atoms with Crippen LogP contribution in [-0.2, 0) is 4.79 Å². The van der Waals surface area contributed by atoms with Gasteiger partial charge in [0.25, 0.3) is 0 Å². The van der Waals surface area contributed by atoms with Crippen LogP contribution < -0.4 is 11.1 Å². The highest BCUT2D eigenvalue weighted by molar-refractivity contribution is 9.10. The lowest BCUT2D eigenvalue weighted by atomic mass is 9.70. The van der Waals surface area contributed by atoms with Crippen LogP contribution in [0.2, 0.25) is 0 Å². The van der Waals surface area contributed by atoms with Gasteiger partial charge in [-0.15, -0.1) is 0 Å². The molecule has 1 aromatic rings. The van der Waals surface area contributed by atoms with Gasteiger partial charge >= 0.3 is 0 Å². The molecule has 0 spiro atoms. The molecule has 1 fully saturated rings. The molecule has 1 aliphatic rings. The topological polar surface area (TPSA) is 55.1 Å². The molecule has 104 valence electrons. The van der Waals surface area contributed by atoms with Crippen LogP contribution in [0.1, 0.15) is 32.6 Å². The number of halogens is 1. The average molecular weight is 325 g/mol. The zero-order valence-corrected chi connectivity index (χ0v) is 12.9. The molecule has 1 saturated carbocycles. The normalized spacial score (nSPS) is 27.0. The summed E-state index contributed by atoms with van der Waals surface area (Å²) in [4.78, 5) is 12.5. The van der Waals surface area contributed by atoms with Crippen molar-refractivity contribution in [2.75, 3.05) is 11.9 Å². The van der Waals surface area contributed by atoms with Gasteiger partial charge in [0.1, 0.15) is 0 Å². The number of carbonyl (C=O) groups excluding carboxylic acids is 1. The van der Waals surface area contributed by atoms with Crippen LogP contribution in [-0.4, -0.2) is 12.5 Å². The Morgan fingerprint density at radius 2 is 2.16 bits per heavy atom. The van der Waals surface area contributed by atoms with Crippen LogP contribution >= 0.6 is 15.9 Å². The summed E-state index contributed by atoms with van der Waals surface area (Å²) < 4.78 is 0.962. The monoisotopic (exact) mass is 324 g/mol. The molecule has 0 unspecified atom stereocenters. The van der Waals surface area contributed by atoms with E-state index in [1.165, 1.54) is 0 Å². The van der Waals surface area contributed by atoms with Gasteiger partial charge in [0.2, 0.25) is 5.91 Å². The number of anilines is 1. The van der Waals surface area contributed by atoms with E-state index in [0.29, 0.717) is 12.5 Å². The summed E-state index contributed by atoms with van der Waals surface area (Å²) in [6.45, 7) is 2.67. The largest absolute Gasteiger partial charge is 0.329 e. The molecule has 19 heavy (non-hydrogen) atoms. The van der Waals surface area contributed by atoms with Gasteiger partial charge in [-0.3, -0.25) is 4.79 Å². The molecule has 0 saturated heterocycles. The molecular weight excluding hydrogens is 304 g/mol. The molecule has 0 aliphatic heterocycles. The van der Waals surface area contributed by atoms with Crippen molar-refractivity contribution in [3.8, 4) is 0 Å². The molecular formula is C15H21BrN2O. The van der Waals surface area contributed by atoms with Crippen molar-refractivity contribution in [1.29, 1.82) is 0 Å². The standard InChI is InChI=1S/C15H21BrN2O/c1-11-5-7-15(10-17,8-6-11)14(19)18-13-4-2-3-12(16)9-13/h2-4,9,11H,5-8,10,17H2,1H3,(H,18,19). The Morgan fingerprint density at radius 1 is 1.47 bits per heavy atom. The summed E-state index contributed by atoms with van der Waals surface area (Å²) in [5.74, 6) is 0.776. The van der Waals surface area contributed by atoms with Crippen LogP contribution in [0.25, 0.3) is 0 Å². The molecule has 0 aromatic heterocycles. The maximum Gasteiger partial charge on any atom is 0.231 e. The maximum absolute atomic E-state index is 12.5. The smallest absolute Gasteiger partial charge is 0.231 e. The zero-order chi connectivity index (χ0) is 13.9. The van der Waals surface area contributed by atoms with Gasteiger partial charge in [0.05, 0.1) is 5.41 Å². The molecule has 1 amide bonds. The molecule has 1 aliphatic carbocycles. The molecule has 0 radical (unpaired) electrons. The molecule has 0 atom stereocenters. The third-order valence-electron chi connectivity index (χ3n) is 4.19. The SMILES string of the molecule is CC1CCC(CN)(C(=O)Nc2cccc(Br)c2)CC1. The Balaban J connectivity index is 2.09. The Labute approximate surface area is 123 Å². The zero-order valence-electron chi connectivity index (χ0n) is 11.3. The quantitative estimate of drug-likeness (QED) is 0.893. The van der Waals surface area contributed by atoms with Crippen molar-refractivity contribution in [2.45, 2.75) is 32.6 Å². The molecule has 2 rings (SSSR count). The highest BCUT2D eigenvalue weighted by Gasteiger charge is 2.39. The van der Waals surface area contributed by atoms with E-state index in [4.69, 9.17) is 5.73 Å². The third kappa shape index (κ3) is 3.37. The fourth-order valence-corrected chi connectivity index (χ4v) is 3.07. The van der Waals surface area contributed by atoms with Gasteiger partial charge in [-0.1, -0.05) is 28.9 Å². The minimum Gasteiger partial charge on any atom is -0.329 e. The van der Waals surface area contributed by atoms with E-state index in [9.17, 15) is 4.79 Å². The molecule has 3 nitrogen and oxygen atoms in total. The van der Waals surface area contributed by atoms with E-state index in [-0.39, 0.29) is 11.3 Å². The predicted octanol–water partition coefficient (Wildman–Crippen LogP) is 3.54. The minimum absolute atomic E-state index is 0.0694. The van der Waals surface area contributed by atoms with Gasteiger partial charge in [-0.05, 0) is 49.8 Å². The Hall–Kier alpha value is -0.870. The van der Waals surface area contributed by atoms with Crippen LogP contribution in [0, 0.1) is 11.3 Å². The Kier molecular flexibility index (Phi) is 4.63. The number of carbonyl (C=O) groups is 1. The molecule has 0 heterocycles. The lowest BCUT2D eigenvalue weighted by Crippen LogP contribution is -2.44. The first-order chi connectivity index (χ1) is 9.05. The number of benzene rings is 1. The van der Waals surface area contributed by atoms with Gasteiger partial charge < -0.3 is 11.1 Å². The number of amides is 1. The molecule has 0 bridgehead atoms. The minimum atomic E-state index is -0.380. The van der Waals surface area contributed by atoms with Crippen molar-refractivity contribution in [3.63, 3.8) is 0 Å². The number of hydrogen-bond acceptors (Lipinski definition) is 2. The molecule has 4 heteroatoms. The van der Waals surface area contributed by atoms with Crippen molar-refractivity contribution >= 4 is 27.5 Å². The third-order valence-corrected chi connectivity index (χ3v) is 4.68. The Morgan fingerprint density at radius 3 is 2.74 bits per heavy atom. The summed E-state index contributed by atoms with van der Waals surface area (Å²) in [6, 6.07) is 7.67. The van der Waals surface area contributed by atoms with E-state index in [1.807, 2.05) is 24.3 Å². The van der Waals surface area contributed by atoms with Crippen LogP contribution in [0.4, 0.5) is 5.69 Å². The summed E-state index contributed by atoms with van der Waals surface area (Å²) in [7, 11) is 0. The fourth-order valence-electron chi connectivity index (χ4n) is 2.67. The highest BCUT2D eigenvalue weighted by atomic mass is 79.9. The van der Waals surface area contributed by atoms with E-state index < -0.39 is 0 Å². The van der Waals surface area contributed by atoms with Gasteiger partial charge in [0.15, 0.2) is 0 Å². The Bertz CT molecular complexity index is 453. The van der Waals surface area contributed by atoms with Crippen molar-refractivity contribution in [2.24, 2.45) is 17.1 Å². The first-order valence-corrected chi connectivity index (χ1v) is 7.62. The van der Waals surface area contributed by atoms with Crippen molar-refractivity contribution < 1.29 is 4.79 Å². The number of hydrogen-bond donors (Lipinski definition) is 2. The van der Waals surface area contributed by atoms with Crippen LogP contribution in [0.15, 0.2) is 28.7 Å². The highest BCUT2D eigenvalue weighted by Crippen LogP contribution is 2.39. The average Bonchev–Trinajstić information content (AvgIpc) is 2.40. The van der Waals surface area contributed by atoms with E-state index in [0.717, 1.165) is 35.8 Å². The van der Waals surface area contributed by atoms with Crippen molar-refractivity contribution in [3.05, 3.63) is 28.7 Å². The molecule has 3 N–H and O–H groups in total. The lowest BCUT2D eigenvalue weighted by molar-refractivity contribution is -0.127. The second-order valence-corrected chi connectivity index (χ2v) is 6.55. The van der Waals surface area contributed by atoms with E-state index in [2.05, 4.69) is 28.2 Å². The summed E-state index contributed by atoms with van der Waals surface area (Å²) >= 11 is 3.41. The fraction of sp³-hybridized carbons (Fsp3) is 0.533. The lowest BCUT2D eigenvalue weighted by Gasteiger charge is -2.37. The van der Waals surface area contributed by atoms with Crippen molar-refractivity contribution in [1.82, 2.24) is 0 Å². The first kappa shape index (κ1) is 14.5. The predicted molar refractivity (Wildman–Crippen MR) is 81.9 cm³/mol. The van der Waals surface area contributed by atoms with Gasteiger partial charge in [-0.2, -0.15) is 0 Å². The summed E-state index contributed by atoms with van der Waals surface area (Å²) in [5, 5.41) is 3.01. The van der Waals surface area contributed by atoms with Gasteiger partial charge in [-0.25, -0.2) is 0 Å². The van der Waals surface area contributed by atoms with E-state index >= 15 is 0 Å². The van der Waals surface area contributed by atoms with Crippen LogP contribution in [0.5, 0.6) is 0 Å². The van der Waals surface area contributed by atoms with E-state index in [1.54, 1.807) is 0 Å². The second kappa shape index (κ2) is 6.06. The number of rotatable bonds is 3. The molecule has 1 aromatic carbocycles. The summed E-state index contributed by atoms with van der Waals surface area (Å²) in [5.41, 5.74) is 6.34. The van der Waals surface area contributed by atoms with Gasteiger partial charge in [0, 0.05) is 16.7 Å².